The Labute approximate surface area is 118 Å². The number of amides is 1. The van der Waals surface area contributed by atoms with Gasteiger partial charge in [-0.1, -0.05) is 42.5 Å². The molecule has 0 bridgehead atoms. The van der Waals surface area contributed by atoms with Gasteiger partial charge in [0.2, 0.25) is 0 Å². The van der Waals surface area contributed by atoms with E-state index in [-0.39, 0.29) is 5.91 Å². The third-order valence-corrected chi connectivity index (χ3v) is 3.35. The van der Waals surface area contributed by atoms with Crippen molar-refractivity contribution in [1.29, 1.82) is 0 Å². The number of ether oxygens (including phenoxy) is 1. The number of carbonyl (C=O) groups is 1. The lowest BCUT2D eigenvalue weighted by Gasteiger charge is -2.27. The Morgan fingerprint density at radius 1 is 1.26 bits per heavy atom. The second-order valence-electron chi connectivity index (χ2n) is 4.40. The van der Waals surface area contributed by atoms with Gasteiger partial charge in [-0.15, -0.1) is 0 Å². The van der Waals surface area contributed by atoms with Crippen molar-refractivity contribution in [2.75, 3.05) is 32.8 Å². The van der Waals surface area contributed by atoms with Gasteiger partial charge < -0.3 is 15.0 Å². The normalized spacial score (nSPS) is 15.1. The highest BCUT2D eigenvalue weighted by molar-refractivity contribution is 7.82. The first-order valence-corrected chi connectivity index (χ1v) is 6.87. The van der Waals surface area contributed by atoms with Crippen molar-refractivity contribution in [2.24, 2.45) is 0 Å². The topological polar surface area (TPSA) is 41.6 Å². The Kier molecular flexibility index (Phi) is 5.30. The molecule has 1 aliphatic heterocycles. The number of hydrogen-bond acceptors (Lipinski definition) is 3. The van der Waals surface area contributed by atoms with E-state index in [1.807, 2.05) is 18.2 Å². The summed E-state index contributed by atoms with van der Waals surface area (Å²) in [4.78, 5) is 14.0. The summed E-state index contributed by atoms with van der Waals surface area (Å²) >= 11 is 5.13. The average molecular weight is 278 g/mol. The van der Waals surface area contributed by atoms with Crippen LogP contribution in [0.4, 0.5) is 0 Å². The van der Waals surface area contributed by atoms with Crippen LogP contribution in [0.15, 0.2) is 30.3 Å². The van der Waals surface area contributed by atoms with Crippen LogP contribution in [-0.2, 0) is 16.0 Å². The molecule has 1 aliphatic rings. The van der Waals surface area contributed by atoms with Gasteiger partial charge in [0.15, 0.2) is 4.99 Å². The summed E-state index contributed by atoms with van der Waals surface area (Å²) in [5.41, 5.74) is 1.23. The molecule has 4 nitrogen and oxygen atoms in total. The fourth-order valence-electron chi connectivity index (χ4n) is 1.95. The van der Waals surface area contributed by atoms with E-state index in [2.05, 4.69) is 17.4 Å². The third kappa shape index (κ3) is 4.29. The molecule has 1 aromatic carbocycles. The lowest BCUT2D eigenvalue weighted by molar-refractivity contribution is -0.128. The molecule has 2 rings (SSSR count). The van der Waals surface area contributed by atoms with Crippen LogP contribution in [0.25, 0.3) is 0 Å². The molecular weight excluding hydrogens is 260 g/mol. The van der Waals surface area contributed by atoms with E-state index in [0.29, 0.717) is 37.8 Å². The molecule has 19 heavy (non-hydrogen) atoms. The summed E-state index contributed by atoms with van der Waals surface area (Å²) in [7, 11) is 0. The van der Waals surface area contributed by atoms with Crippen molar-refractivity contribution in [3.05, 3.63) is 35.9 Å². The van der Waals surface area contributed by atoms with Gasteiger partial charge >= 0.3 is 0 Å². The van der Waals surface area contributed by atoms with E-state index in [1.165, 1.54) is 5.56 Å². The van der Waals surface area contributed by atoms with Gasteiger partial charge in [-0.3, -0.25) is 4.79 Å². The number of nitrogens with zero attached hydrogens (tertiary/aromatic N) is 1. The van der Waals surface area contributed by atoms with Crippen LogP contribution in [0.1, 0.15) is 5.56 Å². The number of rotatable bonds is 3. The number of morpholine rings is 1. The predicted molar refractivity (Wildman–Crippen MR) is 78.1 cm³/mol. The number of nitrogens with one attached hydrogen (secondary N) is 1. The minimum absolute atomic E-state index is 0.0913. The highest BCUT2D eigenvalue weighted by Gasteiger charge is 2.20. The highest BCUT2D eigenvalue weighted by Crippen LogP contribution is 2.00. The molecule has 1 aromatic rings. The second-order valence-corrected chi connectivity index (χ2v) is 4.80. The van der Waals surface area contributed by atoms with E-state index in [0.717, 1.165) is 6.42 Å². The maximum Gasteiger partial charge on any atom is 0.281 e. The molecular formula is C14H18N2O2S. The van der Waals surface area contributed by atoms with Crippen LogP contribution in [0, 0.1) is 0 Å². The minimum Gasteiger partial charge on any atom is -0.378 e. The molecule has 1 heterocycles. The molecule has 0 aromatic heterocycles. The second kappa shape index (κ2) is 7.21. The van der Waals surface area contributed by atoms with Crippen LogP contribution in [0.5, 0.6) is 0 Å². The molecule has 102 valence electrons. The van der Waals surface area contributed by atoms with Crippen molar-refractivity contribution in [3.8, 4) is 0 Å². The Hall–Kier alpha value is -1.46. The molecule has 0 radical (unpaired) electrons. The van der Waals surface area contributed by atoms with Crippen molar-refractivity contribution >= 4 is 23.1 Å². The van der Waals surface area contributed by atoms with E-state index in [9.17, 15) is 4.79 Å². The van der Waals surface area contributed by atoms with E-state index < -0.39 is 0 Å². The zero-order valence-electron chi connectivity index (χ0n) is 10.8. The van der Waals surface area contributed by atoms with Gasteiger partial charge in [-0.05, 0) is 12.0 Å². The average Bonchev–Trinajstić information content (AvgIpc) is 2.48. The Morgan fingerprint density at radius 3 is 2.63 bits per heavy atom. The summed E-state index contributed by atoms with van der Waals surface area (Å²) in [6.07, 6.45) is 0.859. The summed E-state index contributed by atoms with van der Waals surface area (Å²) in [5.74, 6) is -0.0913. The molecule has 5 heteroatoms. The van der Waals surface area contributed by atoms with Gasteiger partial charge in [-0.2, -0.15) is 0 Å². The highest BCUT2D eigenvalue weighted by atomic mass is 32.1. The standard InChI is InChI=1S/C14H18N2O2S/c17-14(16-8-10-18-11-9-16)13(19)15-7-6-12-4-2-1-3-5-12/h1-5H,6-11H2,(H,15,19). The molecule has 0 aliphatic carbocycles. The van der Waals surface area contributed by atoms with Crippen molar-refractivity contribution < 1.29 is 9.53 Å². The zero-order valence-corrected chi connectivity index (χ0v) is 11.6. The smallest absolute Gasteiger partial charge is 0.281 e. The van der Waals surface area contributed by atoms with Crippen LogP contribution < -0.4 is 5.32 Å². The molecule has 1 fully saturated rings. The summed E-state index contributed by atoms with van der Waals surface area (Å²) in [6, 6.07) is 10.1. The summed E-state index contributed by atoms with van der Waals surface area (Å²) in [5, 5.41) is 3.03. The molecule has 1 saturated heterocycles. The number of thiocarbonyl (C=S) groups is 1. The maximum atomic E-state index is 12.0. The minimum atomic E-state index is -0.0913. The predicted octanol–water partition coefficient (Wildman–Crippen LogP) is 1.00. The van der Waals surface area contributed by atoms with Crippen molar-refractivity contribution in [3.63, 3.8) is 0 Å². The Balaban J connectivity index is 1.73. The van der Waals surface area contributed by atoms with Gasteiger partial charge in [-0.25, -0.2) is 0 Å². The first-order chi connectivity index (χ1) is 9.27. The molecule has 1 amide bonds. The van der Waals surface area contributed by atoms with Crippen LogP contribution in [-0.4, -0.2) is 48.6 Å². The van der Waals surface area contributed by atoms with Crippen molar-refractivity contribution in [1.82, 2.24) is 10.2 Å². The number of benzene rings is 1. The zero-order chi connectivity index (χ0) is 13.5. The first-order valence-electron chi connectivity index (χ1n) is 6.46. The van der Waals surface area contributed by atoms with Crippen LogP contribution in [0.3, 0.4) is 0 Å². The monoisotopic (exact) mass is 278 g/mol. The molecule has 0 atom stereocenters. The lowest BCUT2D eigenvalue weighted by Crippen LogP contribution is -2.47. The SMILES string of the molecule is O=C(C(=S)NCCc1ccccc1)N1CCOCC1. The number of carbonyl (C=O) groups excluding carboxylic acids is 1. The fraction of sp³-hybridized carbons (Fsp3) is 0.429. The third-order valence-electron chi connectivity index (χ3n) is 3.03. The van der Waals surface area contributed by atoms with Gasteiger partial charge in [0.1, 0.15) is 0 Å². The van der Waals surface area contributed by atoms with E-state index in [4.69, 9.17) is 17.0 Å². The maximum absolute atomic E-state index is 12.0. The summed E-state index contributed by atoms with van der Waals surface area (Å²) in [6.45, 7) is 3.12. The quantitative estimate of drug-likeness (QED) is 0.838. The Morgan fingerprint density at radius 2 is 1.95 bits per heavy atom. The van der Waals surface area contributed by atoms with Gasteiger partial charge in [0, 0.05) is 19.6 Å². The number of hydrogen-bond donors (Lipinski definition) is 1. The van der Waals surface area contributed by atoms with Crippen LogP contribution in [0.2, 0.25) is 0 Å². The molecule has 0 spiro atoms. The lowest BCUT2D eigenvalue weighted by atomic mass is 10.1. The Bertz CT molecular complexity index is 430. The summed E-state index contributed by atoms with van der Waals surface area (Å²) < 4.78 is 5.21. The molecule has 0 unspecified atom stereocenters. The molecule has 0 saturated carbocycles. The fourth-order valence-corrected chi connectivity index (χ4v) is 2.18. The van der Waals surface area contributed by atoms with Crippen molar-refractivity contribution in [2.45, 2.75) is 6.42 Å². The largest absolute Gasteiger partial charge is 0.378 e. The van der Waals surface area contributed by atoms with Crippen LogP contribution >= 0.6 is 12.2 Å². The van der Waals surface area contributed by atoms with E-state index in [1.54, 1.807) is 4.90 Å². The first kappa shape index (κ1) is 14.0. The van der Waals surface area contributed by atoms with Gasteiger partial charge in [0.05, 0.1) is 13.2 Å². The van der Waals surface area contributed by atoms with E-state index >= 15 is 0 Å². The molecule has 1 N–H and O–H groups in total. The van der Waals surface area contributed by atoms with Gasteiger partial charge in [0.25, 0.3) is 5.91 Å².